The first-order valence-electron chi connectivity index (χ1n) is 5.79. The summed E-state index contributed by atoms with van der Waals surface area (Å²) < 4.78 is 2.07. The summed E-state index contributed by atoms with van der Waals surface area (Å²) in [5.74, 6) is 1.17. The van der Waals surface area contributed by atoms with E-state index in [-0.39, 0.29) is 0 Å². The fourth-order valence-electron chi connectivity index (χ4n) is 2.08. The summed E-state index contributed by atoms with van der Waals surface area (Å²) in [4.78, 5) is 8.99. The van der Waals surface area contributed by atoms with Gasteiger partial charge in [-0.15, -0.1) is 22.9 Å². The fraction of sp³-hybridized carbons (Fsp3) is 0.231. The van der Waals surface area contributed by atoms with Crippen LogP contribution in [0.5, 0.6) is 0 Å². The Balaban J connectivity index is 2.13. The summed E-state index contributed by atoms with van der Waals surface area (Å²) in [6, 6.07) is 5.77. The molecule has 0 amide bonds. The number of aromatic nitrogens is 3. The van der Waals surface area contributed by atoms with Gasteiger partial charge in [-0.25, -0.2) is 9.97 Å². The summed E-state index contributed by atoms with van der Waals surface area (Å²) in [6.07, 6.45) is 0. The maximum absolute atomic E-state index is 6.17. The van der Waals surface area contributed by atoms with E-state index in [4.69, 9.17) is 23.2 Å². The molecule has 2 aromatic heterocycles. The molecule has 3 nitrogen and oxygen atoms in total. The van der Waals surface area contributed by atoms with Gasteiger partial charge in [-0.2, -0.15) is 0 Å². The zero-order valence-corrected chi connectivity index (χ0v) is 12.6. The highest BCUT2D eigenvalue weighted by atomic mass is 35.5. The highest BCUT2D eigenvalue weighted by Gasteiger charge is 2.13. The molecule has 3 aromatic rings. The van der Waals surface area contributed by atoms with Gasteiger partial charge in [0.2, 0.25) is 0 Å². The zero-order chi connectivity index (χ0) is 13.4. The highest BCUT2D eigenvalue weighted by molar-refractivity contribution is 7.09. The monoisotopic (exact) mass is 311 g/mol. The topological polar surface area (TPSA) is 30.7 Å². The second kappa shape index (κ2) is 5.12. The van der Waals surface area contributed by atoms with Crippen molar-refractivity contribution in [3.63, 3.8) is 0 Å². The molecule has 0 N–H and O–H groups in total. The first kappa shape index (κ1) is 12.9. The number of imidazole rings is 1. The number of nitrogens with zero attached hydrogens (tertiary/aromatic N) is 3. The van der Waals surface area contributed by atoms with Crippen LogP contribution in [0.2, 0.25) is 5.02 Å². The van der Waals surface area contributed by atoms with Crippen LogP contribution in [0.4, 0.5) is 0 Å². The normalized spacial score (nSPS) is 11.3. The van der Waals surface area contributed by atoms with Crippen LogP contribution in [-0.4, -0.2) is 14.5 Å². The average molecular weight is 312 g/mol. The molecule has 98 valence electrons. The van der Waals surface area contributed by atoms with Crippen molar-refractivity contribution in [2.24, 2.45) is 0 Å². The molecule has 3 rings (SSSR count). The minimum Gasteiger partial charge on any atom is -0.321 e. The quantitative estimate of drug-likeness (QED) is 0.677. The van der Waals surface area contributed by atoms with Gasteiger partial charge < -0.3 is 4.57 Å². The first-order chi connectivity index (χ1) is 9.19. The van der Waals surface area contributed by atoms with Gasteiger partial charge in [0.1, 0.15) is 11.3 Å². The molecule has 0 saturated carbocycles. The van der Waals surface area contributed by atoms with E-state index >= 15 is 0 Å². The van der Waals surface area contributed by atoms with E-state index in [9.17, 15) is 0 Å². The van der Waals surface area contributed by atoms with Gasteiger partial charge in [-0.3, -0.25) is 0 Å². The van der Waals surface area contributed by atoms with Crippen LogP contribution in [0.25, 0.3) is 11.0 Å². The molecule has 0 aliphatic heterocycles. The van der Waals surface area contributed by atoms with Gasteiger partial charge in [0.15, 0.2) is 0 Å². The molecule has 2 heterocycles. The number of para-hydroxylation sites is 1. The minimum atomic E-state index is 0.355. The van der Waals surface area contributed by atoms with Gasteiger partial charge in [0.25, 0.3) is 0 Å². The van der Waals surface area contributed by atoms with E-state index < -0.39 is 0 Å². The van der Waals surface area contributed by atoms with E-state index in [0.29, 0.717) is 17.4 Å². The lowest BCUT2D eigenvalue weighted by Crippen LogP contribution is -2.04. The molecule has 0 fully saturated rings. The van der Waals surface area contributed by atoms with Crippen LogP contribution in [0.3, 0.4) is 0 Å². The van der Waals surface area contributed by atoms with Crippen LogP contribution >= 0.6 is 34.5 Å². The highest BCUT2D eigenvalue weighted by Crippen LogP contribution is 2.25. The van der Waals surface area contributed by atoms with Crippen molar-refractivity contribution in [2.75, 3.05) is 0 Å². The predicted octanol–water partition coefficient (Wildman–Crippen LogP) is 4.24. The van der Waals surface area contributed by atoms with Crippen molar-refractivity contribution >= 4 is 45.6 Å². The standard InChI is InChI=1S/C13H11Cl2N3S/c1-8-16-9(7-19-8)6-18-11-4-2-3-10(15)13(11)17-12(18)5-14/h2-4,7H,5-6H2,1H3. The number of hydrogen-bond acceptors (Lipinski definition) is 3. The van der Waals surface area contributed by atoms with Crippen molar-refractivity contribution in [3.05, 3.63) is 45.1 Å². The number of hydrogen-bond donors (Lipinski definition) is 0. The third kappa shape index (κ3) is 2.36. The predicted molar refractivity (Wildman–Crippen MR) is 80.3 cm³/mol. The fourth-order valence-corrected chi connectivity index (χ4v) is 3.10. The Hall–Kier alpha value is -1.10. The van der Waals surface area contributed by atoms with E-state index in [1.807, 2.05) is 25.1 Å². The van der Waals surface area contributed by atoms with Gasteiger partial charge in [-0.1, -0.05) is 17.7 Å². The van der Waals surface area contributed by atoms with Gasteiger partial charge in [0, 0.05) is 5.38 Å². The number of aryl methyl sites for hydroxylation is 1. The first-order valence-corrected chi connectivity index (χ1v) is 7.59. The van der Waals surface area contributed by atoms with E-state index in [0.717, 1.165) is 27.6 Å². The van der Waals surface area contributed by atoms with E-state index in [2.05, 4.69) is 19.9 Å². The molecule has 0 saturated heterocycles. The Morgan fingerprint density at radius 3 is 2.84 bits per heavy atom. The number of halogens is 2. The number of benzene rings is 1. The zero-order valence-electron chi connectivity index (χ0n) is 10.2. The molecule has 0 aliphatic carbocycles. The summed E-state index contributed by atoms with van der Waals surface area (Å²) >= 11 is 13.8. The van der Waals surface area contributed by atoms with Crippen LogP contribution in [0.1, 0.15) is 16.5 Å². The summed E-state index contributed by atoms with van der Waals surface area (Å²) in [6.45, 7) is 2.67. The van der Waals surface area contributed by atoms with E-state index in [1.165, 1.54) is 0 Å². The van der Waals surface area contributed by atoms with Crippen molar-refractivity contribution in [1.29, 1.82) is 0 Å². The van der Waals surface area contributed by atoms with Crippen molar-refractivity contribution in [2.45, 2.75) is 19.3 Å². The summed E-state index contributed by atoms with van der Waals surface area (Å²) in [5.41, 5.74) is 2.81. The molecular formula is C13H11Cl2N3S. The minimum absolute atomic E-state index is 0.355. The van der Waals surface area contributed by atoms with Gasteiger partial charge in [-0.05, 0) is 19.1 Å². The number of rotatable bonds is 3. The lowest BCUT2D eigenvalue weighted by atomic mass is 10.3. The van der Waals surface area contributed by atoms with Gasteiger partial charge in [0.05, 0.1) is 33.7 Å². The molecule has 0 radical (unpaired) electrons. The summed E-state index contributed by atoms with van der Waals surface area (Å²) in [5, 5.41) is 3.77. The van der Waals surface area contributed by atoms with Crippen LogP contribution in [0.15, 0.2) is 23.6 Å². The molecule has 0 atom stereocenters. The summed E-state index contributed by atoms with van der Waals surface area (Å²) in [7, 11) is 0. The molecule has 6 heteroatoms. The molecule has 0 unspecified atom stereocenters. The van der Waals surface area contributed by atoms with Crippen molar-refractivity contribution in [1.82, 2.24) is 14.5 Å². The van der Waals surface area contributed by atoms with Crippen LogP contribution in [-0.2, 0) is 12.4 Å². The Morgan fingerprint density at radius 1 is 1.32 bits per heavy atom. The van der Waals surface area contributed by atoms with Gasteiger partial charge >= 0.3 is 0 Å². The number of fused-ring (bicyclic) bond motifs is 1. The Kier molecular flexibility index (Phi) is 3.48. The molecule has 0 spiro atoms. The lowest BCUT2D eigenvalue weighted by molar-refractivity contribution is 0.761. The van der Waals surface area contributed by atoms with Crippen LogP contribution in [0, 0.1) is 6.92 Å². The maximum atomic E-state index is 6.17. The molecule has 0 bridgehead atoms. The molecular weight excluding hydrogens is 301 g/mol. The Morgan fingerprint density at radius 2 is 2.16 bits per heavy atom. The largest absolute Gasteiger partial charge is 0.321 e. The Labute approximate surface area is 124 Å². The SMILES string of the molecule is Cc1nc(Cn2c(CCl)nc3c(Cl)cccc32)cs1. The Bertz CT molecular complexity index is 733. The lowest BCUT2D eigenvalue weighted by Gasteiger charge is -2.05. The van der Waals surface area contributed by atoms with Crippen LogP contribution < -0.4 is 0 Å². The second-order valence-corrected chi connectivity index (χ2v) is 5.95. The smallest absolute Gasteiger partial charge is 0.125 e. The van der Waals surface area contributed by atoms with E-state index in [1.54, 1.807) is 11.3 Å². The maximum Gasteiger partial charge on any atom is 0.125 e. The molecule has 19 heavy (non-hydrogen) atoms. The third-order valence-corrected chi connectivity index (χ3v) is 4.28. The number of thiazole rings is 1. The third-order valence-electron chi connectivity index (χ3n) is 2.91. The average Bonchev–Trinajstić information content (AvgIpc) is 2.96. The molecule has 0 aliphatic rings. The molecule has 1 aromatic carbocycles. The second-order valence-electron chi connectivity index (χ2n) is 4.21. The van der Waals surface area contributed by atoms with Crippen molar-refractivity contribution < 1.29 is 0 Å². The van der Waals surface area contributed by atoms with Crippen molar-refractivity contribution in [3.8, 4) is 0 Å². The number of alkyl halides is 1.